The largest absolute Gasteiger partial charge is 0.357 e. The predicted molar refractivity (Wildman–Crippen MR) is 85.2 cm³/mol. The van der Waals surface area contributed by atoms with Gasteiger partial charge in [-0.3, -0.25) is 15.1 Å². The summed E-state index contributed by atoms with van der Waals surface area (Å²) in [6, 6.07) is 9.50. The van der Waals surface area contributed by atoms with Crippen LogP contribution in [-0.4, -0.2) is 16.0 Å². The molecule has 0 fully saturated rings. The van der Waals surface area contributed by atoms with Crippen molar-refractivity contribution in [3.63, 3.8) is 0 Å². The van der Waals surface area contributed by atoms with Gasteiger partial charge in [-0.05, 0) is 41.9 Å². The number of aromatic nitrogens is 1. The molecule has 0 aromatic carbocycles. The van der Waals surface area contributed by atoms with Crippen molar-refractivity contribution in [2.24, 2.45) is 0 Å². The molecule has 2 aromatic heterocycles. The van der Waals surface area contributed by atoms with Crippen LogP contribution in [0.25, 0.3) is 6.08 Å². The summed E-state index contributed by atoms with van der Waals surface area (Å²) in [6.45, 7) is 0.481. The minimum atomic E-state index is -0.253. The topological polar surface area (TPSA) is 54.0 Å². The van der Waals surface area contributed by atoms with Crippen LogP contribution < -0.4 is 10.6 Å². The van der Waals surface area contributed by atoms with Gasteiger partial charge in [0.1, 0.15) is 0 Å². The third kappa shape index (κ3) is 4.91. The number of carbonyl (C=O) groups is 1. The number of carbonyl (C=O) groups excluding carboxylic acids is 1. The Morgan fingerprint density at radius 1 is 1.35 bits per heavy atom. The zero-order valence-corrected chi connectivity index (χ0v) is 12.2. The molecule has 0 bridgehead atoms. The molecule has 1 amide bonds. The molecule has 0 unspecified atom stereocenters. The summed E-state index contributed by atoms with van der Waals surface area (Å²) in [6.07, 6.45) is 4.92. The molecular formula is C14H13N3OS2. The smallest absolute Gasteiger partial charge is 0.250 e. The number of hydrogen-bond acceptors (Lipinski definition) is 4. The lowest BCUT2D eigenvalue weighted by molar-refractivity contribution is -0.115. The van der Waals surface area contributed by atoms with Crippen LogP contribution in [0.2, 0.25) is 0 Å². The fourth-order valence-electron chi connectivity index (χ4n) is 1.42. The molecule has 0 saturated heterocycles. The van der Waals surface area contributed by atoms with Crippen LogP contribution in [0.5, 0.6) is 0 Å². The second-order valence-corrected chi connectivity index (χ2v) is 5.23. The quantitative estimate of drug-likeness (QED) is 0.672. The van der Waals surface area contributed by atoms with E-state index in [9.17, 15) is 4.79 Å². The van der Waals surface area contributed by atoms with Gasteiger partial charge in [-0.25, -0.2) is 0 Å². The van der Waals surface area contributed by atoms with Crippen LogP contribution in [0.3, 0.4) is 0 Å². The third-order valence-corrected chi connectivity index (χ3v) is 3.42. The van der Waals surface area contributed by atoms with Crippen molar-refractivity contribution in [2.45, 2.75) is 6.54 Å². The van der Waals surface area contributed by atoms with Crippen molar-refractivity contribution < 1.29 is 4.79 Å². The average molecular weight is 303 g/mol. The van der Waals surface area contributed by atoms with E-state index >= 15 is 0 Å². The highest BCUT2D eigenvalue weighted by Crippen LogP contribution is 2.09. The Kier molecular flexibility index (Phi) is 5.40. The summed E-state index contributed by atoms with van der Waals surface area (Å²) >= 11 is 6.61. The molecule has 0 aliphatic rings. The zero-order chi connectivity index (χ0) is 14.2. The van der Waals surface area contributed by atoms with Crippen LogP contribution in [0.4, 0.5) is 0 Å². The molecule has 0 radical (unpaired) electrons. The highest BCUT2D eigenvalue weighted by molar-refractivity contribution is 7.80. The summed E-state index contributed by atoms with van der Waals surface area (Å²) in [5.74, 6) is -0.253. The van der Waals surface area contributed by atoms with Crippen LogP contribution in [0, 0.1) is 0 Å². The number of pyridine rings is 1. The number of rotatable bonds is 4. The summed E-state index contributed by atoms with van der Waals surface area (Å²) in [4.78, 5) is 16.8. The van der Waals surface area contributed by atoms with Gasteiger partial charge in [-0.2, -0.15) is 0 Å². The molecule has 6 heteroatoms. The Hall–Kier alpha value is -2.05. The second-order valence-electron chi connectivity index (χ2n) is 3.84. The van der Waals surface area contributed by atoms with Gasteiger partial charge < -0.3 is 5.32 Å². The lowest BCUT2D eigenvalue weighted by Gasteiger charge is -2.07. The van der Waals surface area contributed by atoms with Crippen molar-refractivity contribution in [3.05, 3.63) is 58.6 Å². The van der Waals surface area contributed by atoms with Gasteiger partial charge in [0, 0.05) is 17.2 Å². The van der Waals surface area contributed by atoms with Gasteiger partial charge in [0.15, 0.2) is 5.11 Å². The Morgan fingerprint density at radius 2 is 2.25 bits per heavy atom. The maximum absolute atomic E-state index is 11.6. The molecule has 0 atom stereocenters. The van der Waals surface area contributed by atoms with Crippen molar-refractivity contribution in [3.8, 4) is 0 Å². The van der Waals surface area contributed by atoms with E-state index in [1.54, 1.807) is 23.6 Å². The Morgan fingerprint density at radius 3 is 2.95 bits per heavy atom. The number of thiophene rings is 1. The van der Waals surface area contributed by atoms with Crippen LogP contribution >= 0.6 is 23.6 Å². The molecular weight excluding hydrogens is 290 g/mol. The monoisotopic (exact) mass is 303 g/mol. The van der Waals surface area contributed by atoms with Crippen molar-refractivity contribution in [1.29, 1.82) is 0 Å². The number of nitrogens with one attached hydrogen (secondary N) is 2. The number of amides is 1. The third-order valence-electron chi connectivity index (χ3n) is 2.34. The van der Waals surface area contributed by atoms with Gasteiger partial charge in [-0.1, -0.05) is 12.1 Å². The van der Waals surface area contributed by atoms with E-state index in [0.717, 1.165) is 10.6 Å². The summed E-state index contributed by atoms with van der Waals surface area (Å²) < 4.78 is 0. The van der Waals surface area contributed by atoms with Crippen molar-refractivity contribution >= 4 is 40.7 Å². The first-order chi connectivity index (χ1) is 9.74. The van der Waals surface area contributed by atoms with E-state index in [0.29, 0.717) is 6.54 Å². The standard InChI is InChI=1S/C14H13N3OS2/c18-13(7-6-12-5-3-9-20-12)17-14(19)16-10-11-4-1-2-8-15-11/h1-9H,10H2,(H2,16,17,18,19). The lowest BCUT2D eigenvalue weighted by Crippen LogP contribution is -2.38. The highest BCUT2D eigenvalue weighted by atomic mass is 32.1. The fourth-order valence-corrected chi connectivity index (χ4v) is 2.21. The molecule has 2 aromatic rings. The SMILES string of the molecule is O=C(C=Cc1cccs1)NC(=S)NCc1ccccn1. The van der Waals surface area contributed by atoms with Crippen LogP contribution in [-0.2, 0) is 11.3 Å². The number of thiocarbonyl (C=S) groups is 1. The van der Waals surface area contributed by atoms with E-state index in [1.807, 2.05) is 35.7 Å². The molecule has 102 valence electrons. The van der Waals surface area contributed by atoms with E-state index in [-0.39, 0.29) is 11.0 Å². The molecule has 0 saturated carbocycles. The first-order valence-electron chi connectivity index (χ1n) is 5.94. The van der Waals surface area contributed by atoms with E-state index < -0.39 is 0 Å². The molecule has 0 aliphatic carbocycles. The maximum Gasteiger partial charge on any atom is 0.250 e. The summed E-state index contributed by atoms with van der Waals surface area (Å²) in [5, 5.41) is 7.76. The Bertz CT molecular complexity index is 594. The molecule has 0 spiro atoms. The van der Waals surface area contributed by atoms with Gasteiger partial charge in [0.25, 0.3) is 0 Å². The lowest BCUT2D eigenvalue weighted by atomic mass is 10.3. The van der Waals surface area contributed by atoms with Crippen molar-refractivity contribution in [2.75, 3.05) is 0 Å². The van der Waals surface area contributed by atoms with E-state index in [2.05, 4.69) is 15.6 Å². The number of hydrogen-bond donors (Lipinski definition) is 2. The highest BCUT2D eigenvalue weighted by Gasteiger charge is 2.01. The first-order valence-corrected chi connectivity index (χ1v) is 7.23. The normalized spacial score (nSPS) is 10.4. The van der Waals surface area contributed by atoms with Crippen LogP contribution in [0.1, 0.15) is 10.6 Å². The van der Waals surface area contributed by atoms with Gasteiger partial charge >= 0.3 is 0 Å². The van der Waals surface area contributed by atoms with Crippen molar-refractivity contribution in [1.82, 2.24) is 15.6 Å². The average Bonchev–Trinajstić information content (AvgIpc) is 2.97. The van der Waals surface area contributed by atoms with Gasteiger partial charge in [0.2, 0.25) is 5.91 Å². The van der Waals surface area contributed by atoms with Crippen LogP contribution in [0.15, 0.2) is 48.0 Å². The van der Waals surface area contributed by atoms with Gasteiger partial charge in [-0.15, -0.1) is 11.3 Å². The second kappa shape index (κ2) is 7.52. The first kappa shape index (κ1) is 14.4. The molecule has 4 nitrogen and oxygen atoms in total. The summed E-state index contributed by atoms with van der Waals surface area (Å²) in [7, 11) is 0. The maximum atomic E-state index is 11.6. The zero-order valence-electron chi connectivity index (χ0n) is 10.6. The van der Waals surface area contributed by atoms with Gasteiger partial charge in [0.05, 0.1) is 12.2 Å². The minimum Gasteiger partial charge on any atom is -0.357 e. The summed E-state index contributed by atoms with van der Waals surface area (Å²) in [5.41, 5.74) is 0.859. The fraction of sp³-hybridized carbons (Fsp3) is 0.0714. The molecule has 20 heavy (non-hydrogen) atoms. The Labute approximate surface area is 126 Å². The van der Waals surface area contributed by atoms with E-state index in [1.165, 1.54) is 6.08 Å². The Balaban J connectivity index is 1.75. The molecule has 2 rings (SSSR count). The molecule has 0 aliphatic heterocycles. The van der Waals surface area contributed by atoms with E-state index in [4.69, 9.17) is 12.2 Å². The predicted octanol–water partition coefficient (Wildman–Crippen LogP) is 2.35. The molecule has 2 N–H and O–H groups in total. The number of nitrogens with zero attached hydrogens (tertiary/aromatic N) is 1. The minimum absolute atomic E-state index is 0.253. The molecule has 2 heterocycles.